The molecule has 0 unspecified atom stereocenters. The molecule has 0 N–H and O–H groups in total. The molecule has 9 nitrogen and oxygen atoms in total. The van der Waals surface area contributed by atoms with Crippen LogP contribution in [0.25, 0.3) is 11.0 Å². The number of rotatable bonds is 5. The quantitative estimate of drug-likeness (QED) is 0.568. The Hall–Kier alpha value is -2.72. The van der Waals surface area contributed by atoms with Crippen molar-refractivity contribution in [3.8, 4) is 0 Å². The van der Waals surface area contributed by atoms with Crippen LogP contribution in [0.4, 0.5) is 0 Å². The SMILES string of the molecule is CCCc1cc([C@H]2CCCN2S(=O)(=O)c2ccc3c(c2)n(C)c(=O)c(=O)n3C)no1. The molecule has 0 aliphatic carbocycles. The molecule has 0 bridgehead atoms. The Morgan fingerprint density at radius 3 is 2.50 bits per heavy atom. The highest BCUT2D eigenvalue weighted by molar-refractivity contribution is 7.89. The van der Waals surface area contributed by atoms with Crippen LogP contribution in [-0.4, -0.2) is 33.6 Å². The van der Waals surface area contributed by atoms with Gasteiger partial charge < -0.3 is 13.7 Å². The Balaban J connectivity index is 1.78. The Kier molecular flexibility index (Phi) is 5.15. The summed E-state index contributed by atoms with van der Waals surface area (Å²) in [7, 11) is -0.875. The van der Waals surface area contributed by atoms with E-state index in [1.165, 1.54) is 39.7 Å². The summed E-state index contributed by atoms with van der Waals surface area (Å²) >= 11 is 0. The molecular formula is C20H24N4O5S. The van der Waals surface area contributed by atoms with Gasteiger partial charge in [0.2, 0.25) is 10.0 Å². The van der Waals surface area contributed by atoms with Crippen LogP contribution in [0.3, 0.4) is 0 Å². The molecule has 1 saturated heterocycles. The Morgan fingerprint density at radius 2 is 1.80 bits per heavy atom. The van der Waals surface area contributed by atoms with Gasteiger partial charge in [-0.25, -0.2) is 8.42 Å². The van der Waals surface area contributed by atoms with E-state index < -0.39 is 21.1 Å². The number of benzene rings is 1. The lowest BCUT2D eigenvalue weighted by atomic mass is 10.1. The molecule has 0 saturated carbocycles. The lowest BCUT2D eigenvalue weighted by Gasteiger charge is -2.23. The van der Waals surface area contributed by atoms with Crippen molar-refractivity contribution < 1.29 is 12.9 Å². The van der Waals surface area contributed by atoms with E-state index in [0.717, 1.165) is 25.0 Å². The van der Waals surface area contributed by atoms with Gasteiger partial charge in [-0.05, 0) is 37.5 Å². The molecule has 1 fully saturated rings. The number of aromatic nitrogens is 3. The predicted molar refractivity (Wildman–Crippen MR) is 111 cm³/mol. The number of fused-ring (bicyclic) bond motifs is 1. The minimum Gasteiger partial charge on any atom is -0.361 e. The zero-order valence-electron chi connectivity index (χ0n) is 17.2. The van der Waals surface area contributed by atoms with Gasteiger partial charge in [0, 0.05) is 33.1 Å². The van der Waals surface area contributed by atoms with E-state index in [2.05, 4.69) is 5.16 Å². The van der Waals surface area contributed by atoms with E-state index in [9.17, 15) is 18.0 Å². The third-order valence-corrected chi connectivity index (χ3v) is 7.59. The van der Waals surface area contributed by atoms with Gasteiger partial charge in [-0.3, -0.25) is 9.59 Å². The van der Waals surface area contributed by atoms with Crippen molar-refractivity contribution in [3.05, 3.63) is 56.4 Å². The van der Waals surface area contributed by atoms with Gasteiger partial charge in [0.25, 0.3) is 0 Å². The molecule has 10 heteroatoms. The largest absolute Gasteiger partial charge is 0.361 e. The number of sulfonamides is 1. The molecular weight excluding hydrogens is 408 g/mol. The molecule has 1 aliphatic rings. The fourth-order valence-electron chi connectivity index (χ4n) is 4.03. The number of nitrogens with zero attached hydrogens (tertiary/aromatic N) is 4. The number of hydrogen-bond acceptors (Lipinski definition) is 6. The van der Waals surface area contributed by atoms with E-state index in [1.807, 2.05) is 13.0 Å². The molecule has 3 heterocycles. The zero-order chi connectivity index (χ0) is 21.6. The Labute approximate surface area is 173 Å². The van der Waals surface area contributed by atoms with Gasteiger partial charge in [-0.2, -0.15) is 4.31 Å². The molecule has 2 aromatic heterocycles. The monoisotopic (exact) mass is 432 g/mol. The van der Waals surface area contributed by atoms with Crippen molar-refractivity contribution in [2.45, 2.75) is 43.5 Å². The first-order valence-corrected chi connectivity index (χ1v) is 11.4. The van der Waals surface area contributed by atoms with Crippen LogP contribution in [0.1, 0.15) is 43.7 Å². The second kappa shape index (κ2) is 7.51. The summed E-state index contributed by atoms with van der Waals surface area (Å²) < 4.78 is 36.1. The molecule has 3 aromatic rings. The fraction of sp³-hybridized carbons (Fsp3) is 0.450. The minimum atomic E-state index is -3.83. The van der Waals surface area contributed by atoms with Crippen LogP contribution >= 0.6 is 0 Å². The van der Waals surface area contributed by atoms with E-state index in [0.29, 0.717) is 29.7 Å². The van der Waals surface area contributed by atoms with Crippen molar-refractivity contribution in [2.24, 2.45) is 14.1 Å². The predicted octanol–water partition coefficient (Wildman–Crippen LogP) is 1.70. The zero-order valence-corrected chi connectivity index (χ0v) is 18.0. The second-order valence-electron chi connectivity index (χ2n) is 7.62. The first kappa shape index (κ1) is 20.5. The normalized spacial score (nSPS) is 17.8. The van der Waals surface area contributed by atoms with E-state index in [1.54, 1.807) is 6.07 Å². The highest BCUT2D eigenvalue weighted by Gasteiger charge is 2.38. The summed E-state index contributed by atoms with van der Waals surface area (Å²) in [5.74, 6) is 0.748. The van der Waals surface area contributed by atoms with Gasteiger partial charge in [0.05, 0.1) is 22.0 Å². The average Bonchev–Trinajstić information content (AvgIpc) is 3.40. The third-order valence-electron chi connectivity index (χ3n) is 5.69. The Morgan fingerprint density at radius 1 is 1.10 bits per heavy atom. The average molecular weight is 433 g/mol. The maximum Gasteiger partial charge on any atom is 0.316 e. The summed E-state index contributed by atoms with van der Waals surface area (Å²) in [6.45, 7) is 2.42. The van der Waals surface area contributed by atoms with Gasteiger partial charge in [0.15, 0.2) is 0 Å². The van der Waals surface area contributed by atoms with E-state index in [-0.39, 0.29) is 10.9 Å². The van der Waals surface area contributed by atoms with Crippen LogP contribution in [0.15, 0.2) is 43.3 Å². The Bertz CT molecular complexity index is 1340. The van der Waals surface area contributed by atoms with Crippen LogP contribution < -0.4 is 11.1 Å². The van der Waals surface area contributed by atoms with Crippen LogP contribution in [0.5, 0.6) is 0 Å². The molecule has 1 aromatic carbocycles. The lowest BCUT2D eigenvalue weighted by molar-refractivity contribution is 0.343. The molecule has 160 valence electrons. The second-order valence-corrected chi connectivity index (χ2v) is 9.51. The smallest absolute Gasteiger partial charge is 0.316 e. The van der Waals surface area contributed by atoms with Gasteiger partial charge >= 0.3 is 11.1 Å². The summed E-state index contributed by atoms with van der Waals surface area (Å²) in [6, 6.07) is 5.93. The fourth-order valence-corrected chi connectivity index (χ4v) is 5.72. The molecule has 30 heavy (non-hydrogen) atoms. The standard InChI is InChI=1S/C20H24N4O5S/c1-4-6-13-11-15(21-29-13)16-7-5-10-24(16)30(27,28)14-8-9-17-18(12-14)23(3)20(26)19(25)22(17)2/h8-9,11-12,16H,4-7,10H2,1-3H3/t16-/m1/s1. The molecule has 1 aliphatic heterocycles. The van der Waals surface area contributed by atoms with Crippen molar-refractivity contribution >= 4 is 21.1 Å². The molecule has 1 atom stereocenters. The van der Waals surface area contributed by atoms with Crippen LogP contribution in [0.2, 0.25) is 0 Å². The molecule has 0 radical (unpaired) electrons. The molecule has 4 rings (SSSR count). The maximum atomic E-state index is 13.5. The topological polar surface area (TPSA) is 107 Å². The van der Waals surface area contributed by atoms with Gasteiger partial charge in [0.1, 0.15) is 11.5 Å². The number of hydrogen-bond donors (Lipinski definition) is 0. The van der Waals surface area contributed by atoms with E-state index in [4.69, 9.17) is 4.52 Å². The van der Waals surface area contributed by atoms with Crippen molar-refractivity contribution in [2.75, 3.05) is 6.54 Å². The number of aryl methyl sites for hydroxylation is 3. The first-order chi connectivity index (χ1) is 14.3. The summed E-state index contributed by atoms with van der Waals surface area (Å²) in [5.41, 5.74) is 0.124. The molecule has 0 spiro atoms. The lowest BCUT2D eigenvalue weighted by Crippen LogP contribution is -2.39. The highest BCUT2D eigenvalue weighted by Crippen LogP contribution is 2.36. The maximum absolute atomic E-state index is 13.5. The minimum absolute atomic E-state index is 0.0767. The summed E-state index contributed by atoms with van der Waals surface area (Å²) in [5, 5.41) is 4.11. The van der Waals surface area contributed by atoms with Crippen LogP contribution in [0, 0.1) is 0 Å². The molecule has 0 amide bonds. The summed E-state index contributed by atoms with van der Waals surface area (Å²) in [4.78, 5) is 24.3. The third kappa shape index (κ3) is 3.20. The van der Waals surface area contributed by atoms with Gasteiger partial charge in [-0.1, -0.05) is 12.1 Å². The van der Waals surface area contributed by atoms with Crippen LogP contribution in [-0.2, 0) is 30.5 Å². The van der Waals surface area contributed by atoms with Gasteiger partial charge in [-0.15, -0.1) is 0 Å². The highest BCUT2D eigenvalue weighted by atomic mass is 32.2. The first-order valence-electron chi connectivity index (χ1n) is 9.92. The summed E-state index contributed by atoms with van der Waals surface area (Å²) in [6.07, 6.45) is 3.06. The van der Waals surface area contributed by atoms with Crippen molar-refractivity contribution in [1.29, 1.82) is 0 Å². The van der Waals surface area contributed by atoms with Crippen molar-refractivity contribution in [1.82, 2.24) is 18.6 Å². The van der Waals surface area contributed by atoms with E-state index >= 15 is 0 Å². The van der Waals surface area contributed by atoms with Crippen molar-refractivity contribution in [3.63, 3.8) is 0 Å².